The van der Waals surface area contributed by atoms with Crippen LogP contribution in [0.25, 0.3) is 0 Å². The number of nitrogens with zero attached hydrogens (tertiary/aromatic N) is 1. The van der Waals surface area contributed by atoms with Crippen LogP contribution >= 0.6 is 0 Å². The summed E-state index contributed by atoms with van der Waals surface area (Å²) in [5.74, 6) is 0.934. The summed E-state index contributed by atoms with van der Waals surface area (Å²) in [5, 5.41) is 3.47. The Morgan fingerprint density at radius 3 is 2.47 bits per heavy atom. The second-order valence-corrected chi connectivity index (χ2v) is 4.51. The van der Waals surface area contributed by atoms with E-state index in [-0.39, 0.29) is 6.04 Å². The zero-order chi connectivity index (χ0) is 13.5. The maximum Gasteiger partial charge on any atom is 0.123 e. The minimum Gasteiger partial charge on any atom is -0.347 e. The van der Waals surface area contributed by atoms with Gasteiger partial charge in [0.05, 0.1) is 6.04 Å². The van der Waals surface area contributed by atoms with Gasteiger partial charge in [0.25, 0.3) is 0 Å². The van der Waals surface area contributed by atoms with Gasteiger partial charge in [-0.25, -0.2) is 4.98 Å². The highest BCUT2D eigenvalue weighted by molar-refractivity contribution is 5.22. The van der Waals surface area contributed by atoms with E-state index in [1.165, 1.54) is 5.56 Å². The van der Waals surface area contributed by atoms with E-state index in [4.69, 9.17) is 11.5 Å². The molecule has 1 unspecified atom stereocenters. The fourth-order valence-corrected chi connectivity index (χ4v) is 2.00. The van der Waals surface area contributed by atoms with Gasteiger partial charge in [-0.3, -0.25) is 0 Å². The van der Waals surface area contributed by atoms with Crippen molar-refractivity contribution < 1.29 is 0 Å². The summed E-state index contributed by atoms with van der Waals surface area (Å²) >= 11 is 0. The van der Waals surface area contributed by atoms with Gasteiger partial charge < -0.3 is 21.8 Å². The van der Waals surface area contributed by atoms with Gasteiger partial charge in [0.15, 0.2) is 0 Å². The number of imidazole rings is 1. The molecule has 0 spiro atoms. The number of aromatic nitrogens is 2. The van der Waals surface area contributed by atoms with Crippen LogP contribution in [-0.4, -0.2) is 16.5 Å². The lowest BCUT2D eigenvalue weighted by Crippen LogP contribution is -2.24. The Kier molecular flexibility index (Phi) is 5.09. The number of benzene rings is 1. The molecule has 0 radical (unpaired) electrons. The zero-order valence-electron chi connectivity index (χ0n) is 11.0. The van der Waals surface area contributed by atoms with Crippen molar-refractivity contribution in [3.8, 4) is 0 Å². The molecule has 1 atom stereocenters. The van der Waals surface area contributed by atoms with Crippen molar-refractivity contribution in [1.82, 2.24) is 15.3 Å². The van der Waals surface area contributed by atoms with Crippen molar-refractivity contribution in [3.63, 3.8) is 0 Å². The van der Waals surface area contributed by atoms with Gasteiger partial charge in [0, 0.05) is 25.5 Å². The summed E-state index contributed by atoms with van der Waals surface area (Å²) in [6.45, 7) is 2.00. The van der Waals surface area contributed by atoms with Crippen molar-refractivity contribution in [2.75, 3.05) is 6.54 Å². The normalized spacial score (nSPS) is 12.5. The van der Waals surface area contributed by atoms with Crippen LogP contribution < -0.4 is 16.8 Å². The molecule has 1 aromatic carbocycles. The molecular formula is C14H21N5. The number of nitrogens with two attached hydrogens (primary N) is 2. The summed E-state index contributed by atoms with van der Waals surface area (Å²) in [5.41, 5.74) is 13.6. The molecule has 5 nitrogen and oxygen atoms in total. The molecule has 0 fully saturated rings. The predicted octanol–water partition coefficient (Wildman–Crippen LogP) is 1.05. The summed E-state index contributed by atoms with van der Waals surface area (Å²) in [7, 11) is 0. The van der Waals surface area contributed by atoms with E-state index < -0.39 is 0 Å². The molecule has 2 rings (SSSR count). The highest BCUT2D eigenvalue weighted by atomic mass is 15.0. The smallest absolute Gasteiger partial charge is 0.123 e. The summed E-state index contributed by atoms with van der Waals surface area (Å²) in [6.07, 6.45) is 4.45. The number of hydrogen-bond acceptors (Lipinski definition) is 4. The highest BCUT2D eigenvalue weighted by Crippen LogP contribution is 2.12. The maximum atomic E-state index is 5.65. The summed E-state index contributed by atoms with van der Waals surface area (Å²) in [4.78, 5) is 7.42. The van der Waals surface area contributed by atoms with E-state index in [0.29, 0.717) is 13.1 Å². The van der Waals surface area contributed by atoms with Crippen LogP contribution in [0, 0.1) is 0 Å². The lowest BCUT2D eigenvalue weighted by atomic mass is 10.1. The molecule has 19 heavy (non-hydrogen) atoms. The van der Waals surface area contributed by atoms with Crippen molar-refractivity contribution >= 4 is 0 Å². The molecule has 0 amide bonds. The first-order valence-electron chi connectivity index (χ1n) is 6.54. The number of nitrogens with one attached hydrogen (secondary N) is 2. The Morgan fingerprint density at radius 2 is 1.89 bits per heavy atom. The maximum absolute atomic E-state index is 5.65. The lowest BCUT2D eigenvalue weighted by Gasteiger charge is -2.16. The topological polar surface area (TPSA) is 92.8 Å². The van der Waals surface area contributed by atoms with E-state index in [2.05, 4.69) is 39.6 Å². The summed E-state index contributed by atoms with van der Waals surface area (Å²) in [6, 6.07) is 8.46. The quantitative estimate of drug-likeness (QED) is 0.598. The van der Waals surface area contributed by atoms with Gasteiger partial charge in [-0.1, -0.05) is 24.3 Å². The van der Waals surface area contributed by atoms with Crippen molar-refractivity contribution in [1.29, 1.82) is 0 Å². The van der Waals surface area contributed by atoms with Gasteiger partial charge >= 0.3 is 0 Å². The number of rotatable bonds is 7. The largest absolute Gasteiger partial charge is 0.347 e. The third-order valence-corrected chi connectivity index (χ3v) is 3.12. The van der Waals surface area contributed by atoms with E-state index in [1.54, 1.807) is 6.20 Å². The molecule has 102 valence electrons. The van der Waals surface area contributed by atoms with Crippen LogP contribution in [0.1, 0.15) is 29.4 Å². The van der Waals surface area contributed by atoms with Crippen LogP contribution in [0.5, 0.6) is 0 Å². The van der Waals surface area contributed by atoms with E-state index >= 15 is 0 Å². The van der Waals surface area contributed by atoms with Gasteiger partial charge in [-0.15, -0.1) is 0 Å². The minimum absolute atomic E-state index is 0.161. The molecule has 0 saturated carbocycles. The SMILES string of the molecule is NCCC(NCc1ccc(CN)cc1)c1ncc[nH]1. The van der Waals surface area contributed by atoms with Crippen LogP contribution in [0.4, 0.5) is 0 Å². The summed E-state index contributed by atoms with van der Waals surface area (Å²) < 4.78 is 0. The zero-order valence-corrected chi connectivity index (χ0v) is 11.0. The third kappa shape index (κ3) is 3.89. The highest BCUT2D eigenvalue weighted by Gasteiger charge is 2.12. The van der Waals surface area contributed by atoms with Crippen LogP contribution in [0.15, 0.2) is 36.7 Å². The molecule has 0 aliphatic carbocycles. The lowest BCUT2D eigenvalue weighted by molar-refractivity contribution is 0.485. The second kappa shape index (κ2) is 7.04. The van der Waals surface area contributed by atoms with Crippen molar-refractivity contribution in [2.24, 2.45) is 11.5 Å². The molecule has 0 saturated heterocycles. The first kappa shape index (κ1) is 13.7. The minimum atomic E-state index is 0.161. The Hall–Kier alpha value is -1.69. The predicted molar refractivity (Wildman–Crippen MR) is 76.2 cm³/mol. The molecule has 0 aliphatic heterocycles. The third-order valence-electron chi connectivity index (χ3n) is 3.12. The van der Waals surface area contributed by atoms with Gasteiger partial charge in [-0.2, -0.15) is 0 Å². The fourth-order valence-electron chi connectivity index (χ4n) is 2.00. The molecule has 5 heteroatoms. The van der Waals surface area contributed by atoms with Crippen LogP contribution in [0.2, 0.25) is 0 Å². The number of hydrogen-bond donors (Lipinski definition) is 4. The standard InChI is InChI=1S/C14H21N5/c15-6-5-13(14-17-7-8-18-14)19-10-12-3-1-11(9-16)2-4-12/h1-4,7-8,13,19H,5-6,9-10,15-16H2,(H,17,18). The van der Waals surface area contributed by atoms with E-state index in [1.807, 2.05) is 6.20 Å². The first-order chi connectivity index (χ1) is 9.33. The molecule has 1 heterocycles. The Morgan fingerprint density at radius 1 is 1.16 bits per heavy atom. The van der Waals surface area contributed by atoms with Gasteiger partial charge in [-0.05, 0) is 24.1 Å². The Balaban J connectivity index is 1.94. The van der Waals surface area contributed by atoms with Crippen molar-refractivity contribution in [2.45, 2.75) is 25.6 Å². The average molecular weight is 259 g/mol. The Labute approximate surface area is 113 Å². The molecule has 0 bridgehead atoms. The molecular weight excluding hydrogens is 238 g/mol. The molecule has 6 N–H and O–H groups in total. The number of H-pyrrole nitrogens is 1. The van der Waals surface area contributed by atoms with Gasteiger partial charge in [0.1, 0.15) is 5.82 Å². The van der Waals surface area contributed by atoms with Crippen LogP contribution in [0.3, 0.4) is 0 Å². The van der Waals surface area contributed by atoms with Gasteiger partial charge in [0.2, 0.25) is 0 Å². The molecule has 2 aromatic rings. The van der Waals surface area contributed by atoms with Crippen LogP contribution in [-0.2, 0) is 13.1 Å². The molecule has 0 aliphatic rings. The fraction of sp³-hybridized carbons (Fsp3) is 0.357. The Bertz CT molecular complexity index is 463. The van der Waals surface area contributed by atoms with E-state index in [0.717, 1.165) is 24.4 Å². The monoisotopic (exact) mass is 259 g/mol. The van der Waals surface area contributed by atoms with E-state index in [9.17, 15) is 0 Å². The number of aromatic amines is 1. The molecule has 1 aromatic heterocycles. The van der Waals surface area contributed by atoms with Crippen molar-refractivity contribution in [3.05, 3.63) is 53.6 Å². The second-order valence-electron chi connectivity index (χ2n) is 4.51. The average Bonchev–Trinajstić information content (AvgIpc) is 2.98. The first-order valence-corrected chi connectivity index (χ1v) is 6.54.